The quantitative estimate of drug-likeness (QED) is 0.846. The first-order valence-corrected chi connectivity index (χ1v) is 8.25. The van der Waals surface area contributed by atoms with E-state index in [1.807, 2.05) is 19.1 Å². The van der Waals surface area contributed by atoms with Crippen molar-refractivity contribution >= 4 is 29.1 Å². The van der Waals surface area contributed by atoms with Crippen LogP contribution in [-0.2, 0) is 0 Å². The van der Waals surface area contributed by atoms with Crippen molar-refractivity contribution in [3.63, 3.8) is 0 Å². The summed E-state index contributed by atoms with van der Waals surface area (Å²) in [7, 11) is 1.59. The monoisotopic (exact) mass is 362 g/mol. The standard InChI is InChI=1S/C17H19ClN4O3/c1-10(9-23)21-15-14(8-19-16(18)20-15)11(2)22(17(21)24)12-4-6-13(25-3)7-5-12/h4-8,10-11,23H,9H2,1-3H3/t10-,11?/m0/s1. The summed E-state index contributed by atoms with van der Waals surface area (Å²) in [5.74, 6) is 1.14. The Hall–Kier alpha value is -2.38. The normalized spacial score (nSPS) is 18.1. The summed E-state index contributed by atoms with van der Waals surface area (Å²) in [4.78, 5) is 24.5. The number of aromatic nitrogens is 2. The summed E-state index contributed by atoms with van der Waals surface area (Å²) in [6.45, 7) is 3.46. The van der Waals surface area contributed by atoms with E-state index in [-0.39, 0.29) is 24.0 Å². The number of rotatable bonds is 4. The number of methoxy groups -OCH3 is 1. The van der Waals surface area contributed by atoms with Gasteiger partial charge in [-0.05, 0) is 49.7 Å². The zero-order valence-electron chi connectivity index (χ0n) is 14.2. The topological polar surface area (TPSA) is 78.8 Å². The molecule has 1 N–H and O–H groups in total. The lowest BCUT2D eigenvalue weighted by molar-refractivity contribution is 0.233. The molecule has 0 radical (unpaired) electrons. The number of urea groups is 1. The second kappa shape index (κ2) is 6.85. The van der Waals surface area contributed by atoms with E-state index in [0.29, 0.717) is 17.3 Å². The van der Waals surface area contributed by atoms with Gasteiger partial charge in [-0.2, -0.15) is 4.98 Å². The Bertz CT molecular complexity index is 784. The van der Waals surface area contributed by atoms with E-state index in [0.717, 1.165) is 5.56 Å². The third-order valence-electron chi connectivity index (χ3n) is 4.30. The highest BCUT2D eigenvalue weighted by Crippen LogP contribution is 2.39. The molecule has 1 aliphatic rings. The Morgan fingerprint density at radius 2 is 2.04 bits per heavy atom. The fourth-order valence-corrected chi connectivity index (χ4v) is 3.05. The molecule has 2 amide bonds. The third kappa shape index (κ3) is 3.01. The van der Waals surface area contributed by atoms with Crippen LogP contribution in [0.2, 0.25) is 5.28 Å². The summed E-state index contributed by atoms with van der Waals surface area (Å²) in [5.41, 5.74) is 1.48. The lowest BCUT2D eigenvalue weighted by Crippen LogP contribution is -2.54. The first-order valence-electron chi connectivity index (χ1n) is 7.87. The van der Waals surface area contributed by atoms with Crippen LogP contribution in [0.15, 0.2) is 30.5 Å². The maximum Gasteiger partial charge on any atom is 0.331 e. The summed E-state index contributed by atoms with van der Waals surface area (Å²) in [6.07, 6.45) is 1.62. The van der Waals surface area contributed by atoms with Gasteiger partial charge in [0.1, 0.15) is 11.6 Å². The lowest BCUT2D eigenvalue weighted by Gasteiger charge is -2.42. The van der Waals surface area contributed by atoms with Gasteiger partial charge >= 0.3 is 6.03 Å². The molecule has 1 aromatic carbocycles. The van der Waals surface area contributed by atoms with Gasteiger partial charge in [0, 0.05) is 17.4 Å². The Morgan fingerprint density at radius 3 is 2.64 bits per heavy atom. The first kappa shape index (κ1) is 17.4. The maximum absolute atomic E-state index is 13.2. The van der Waals surface area contributed by atoms with Crippen molar-refractivity contribution < 1.29 is 14.6 Å². The number of nitrogens with zero attached hydrogens (tertiary/aromatic N) is 4. The molecule has 8 heteroatoms. The number of hydrogen-bond acceptors (Lipinski definition) is 5. The highest BCUT2D eigenvalue weighted by Gasteiger charge is 2.39. The largest absolute Gasteiger partial charge is 0.497 e. The predicted octanol–water partition coefficient (Wildman–Crippen LogP) is 3.03. The molecule has 2 atom stereocenters. The van der Waals surface area contributed by atoms with Crippen LogP contribution in [-0.4, -0.2) is 40.9 Å². The molecule has 1 aliphatic heterocycles. The van der Waals surface area contributed by atoms with Gasteiger partial charge in [0.05, 0.1) is 25.8 Å². The van der Waals surface area contributed by atoms with Gasteiger partial charge in [0.15, 0.2) is 0 Å². The van der Waals surface area contributed by atoms with Gasteiger partial charge in [-0.3, -0.25) is 9.80 Å². The number of amides is 2. The smallest absolute Gasteiger partial charge is 0.331 e. The molecule has 2 aromatic rings. The number of fused-ring (bicyclic) bond motifs is 1. The van der Waals surface area contributed by atoms with E-state index in [1.165, 1.54) is 4.90 Å². The molecule has 0 spiro atoms. The fraction of sp³-hybridized carbons (Fsp3) is 0.353. The SMILES string of the molecule is COc1ccc(N2C(=O)N([C@@H](C)CO)c3nc(Cl)ncc3C2C)cc1. The van der Waals surface area contributed by atoms with Gasteiger partial charge in [-0.25, -0.2) is 9.78 Å². The van der Waals surface area contributed by atoms with Gasteiger partial charge in [0.25, 0.3) is 0 Å². The highest BCUT2D eigenvalue weighted by molar-refractivity contribution is 6.28. The summed E-state index contributed by atoms with van der Waals surface area (Å²) >= 11 is 5.92. The van der Waals surface area contributed by atoms with Crippen molar-refractivity contribution in [2.75, 3.05) is 23.5 Å². The minimum Gasteiger partial charge on any atom is -0.497 e. The minimum atomic E-state index is -0.453. The average Bonchev–Trinajstić information content (AvgIpc) is 2.62. The molecule has 0 aliphatic carbocycles. The van der Waals surface area contributed by atoms with Crippen LogP contribution < -0.4 is 14.5 Å². The molecular formula is C17H19ClN4O3. The summed E-state index contributed by atoms with van der Waals surface area (Å²) < 4.78 is 5.17. The average molecular weight is 363 g/mol. The van der Waals surface area contributed by atoms with Crippen molar-refractivity contribution in [1.82, 2.24) is 9.97 Å². The highest BCUT2D eigenvalue weighted by atomic mass is 35.5. The van der Waals surface area contributed by atoms with E-state index in [2.05, 4.69) is 9.97 Å². The fourth-order valence-electron chi connectivity index (χ4n) is 2.92. The lowest BCUT2D eigenvalue weighted by atomic mass is 10.0. The van der Waals surface area contributed by atoms with Crippen LogP contribution in [0.1, 0.15) is 25.5 Å². The van der Waals surface area contributed by atoms with Crippen molar-refractivity contribution in [3.8, 4) is 5.75 Å². The number of hydrogen-bond donors (Lipinski definition) is 1. The molecule has 3 rings (SSSR count). The van der Waals surface area contributed by atoms with Crippen LogP contribution in [0.5, 0.6) is 5.75 Å². The number of anilines is 2. The zero-order chi connectivity index (χ0) is 18.1. The van der Waals surface area contributed by atoms with Crippen molar-refractivity contribution in [1.29, 1.82) is 0 Å². The number of aliphatic hydroxyl groups is 1. The van der Waals surface area contributed by atoms with Crippen LogP contribution in [0.25, 0.3) is 0 Å². The van der Waals surface area contributed by atoms with Crippen molar-refractivity contribution in [2.24, 2.45) is 0 Å². The van der Waals surface area contributed by atoms with Crippen molar-refractivity contribution in [2.45, 2.75) is 25.9 Å². The third-order valence-corrected chi connectivity index (χ3v) is 4.48. The number of benzene rings is 1. The zero-order valence-corrected chi connectivity index (χ0v) is 14.9. The molecule has 7 nitrogen and oxygen atoms in total. The van der Waals surface area contributed by atoms with Crippen LogP contribution in [0.4, 0.5) is 16.3 Å². The molecule has 0 bridgehead atoms. The maximum atomic E-state index is 13.2. The molecule has 0 saturated heterocycles. The number of halogens is 1. The van der Waals surface area contributed by atoms with Gasteiger partial charge in [0.2, 0.25) is 5.28 Å². The van der Waals surface area contributed by atoms with Gasteiger partial charge in [-0.1, -0.05) is 0 Å². The molecular weight excluding hydrogens is 344 g/mol. The van der Waals surface area contributed by atoms with E-state index >= 15 is 0 Å². The number of aliphatic hydroxyl groups excluding tert-OH is 1. The van der Waals surface area contributed by atoms with Gasteiger partial charge < -0.3 is 9.84 Å². The Balaban J connectivity index is 2.11. The Morgan fingerprint density at radius 1 is 1.36 bits per heavy atom. The van der Waals surface area contributed by atoms with E-state index < -0.39 is 6.04 Å². The number of ether oxygens (including phenoxy) is 1. The number of carbonyl (C=O) groups excluding carboxylic acids is 1. The minimum absolute atomic E-state index is 0.0618. The van der Waals surface area contributed by atoms with Gasteiger partial charge in [-0.15, -0.1) is 0 Å². The predicted molar refractivity (Wildman–Crippen MR) is 95.4 cm³/mol. The van der Waals surface area contributed by atoms with Crippen LogP contribution >= 0.6 is 11.6 Å². The molecule has 2 heterocycles. The molecule has 1 aromatic heterocycles. The second-order valence-electron chi connectivity index (χ2n) is 5.85. The Kier molecular flexibility index (Phi) is 4.78. The molecule has 1 unspecified atom stereocenters. The van der Waals surface area contributed by atoms with Crippen LogP contribution in [0, 0.1) is 0 Å². The van der Waals surface area contributed by atoms with E-state index in [9.17, 15) is 9.90 Å². The van der Waals surface area contributed by atoms with E-state index in [4.69, 9.17) is 16.3 Å². The Labute approximate surface area is 150 Å². The summed E-state index contributed by atoms with van der Waals surface area (Å²) in [5, 5.41) is 9.65. The summed E-state index contributed by atoms with van der Waals surface area (Å²) in [6, 6.07) is 6.21. The molecule has 132 valence electrons. The molecule has 25 heavy (non-hydrogen) atoms. The second-order valence-corrected chi connectivity index (χ2v) is 6.18. The van der Waals surface area contributed by atoms with Crippen molar-refractivity contribution in [3.05, 3.63) is 41.3 Å². The van der Waals surface area contributed by atoms with Crippen LogP contribution in [0.3, 0.4) is 0 Å². The van der Waals surface area contributed by atoms with E-state index in [1.54, 1.807) is 37.3 Å². The molecule has 0 fully saturated rings. The number of carbonyl (C=O) groups is 1. The first-order chi connectivity index (χ1) is 12.0. The molecule has 0 saturated carbocycles.